The number of carbonyl (C=O) groups excluding carboxylic acids is 1. The Morgan fingerprint density at radius 3 is 2.55 bits per heavy atom. The monoisotopic (exact) mass is 430 g/mol. The Bertz CT molecular complexity index is 1090. The van der Waals surface area contributed by atoms with Gasteiger partial charge in [-0.25, -0.2) is 9.50 Å². The summed E-state index contributed by atoms with van der Waals surface area (Å²) in [6.07, 6.45) is 4.80. The fourth-order valence-corrected chi connectivity index (χ4v) is 6.41. The average molecular weight is 430 g/mol. The summed E-state index contributed by atoms with van der Waals surface area (Å²) in [5.74, 6) is 1.22. The fraction of sp³-hybridized carbons (Fsp3) is 0.609. The molecule has 31 heavy (non-hydrogen) atoms. The summed E-state index contributed by atoms with van der Waals surface area (Å²) in [4.78, 5) is 19.7. The van der Waals surface area contributed by atoms with Crippen molar-refractivity contribution in [2.24, 2.45) is 23.2 Å². The first-order valence-corrected chi connectivity index (χ1v) is 11.2. The lowest BCUT2D eigenvalue weighted by atomic mass is 9.86. The molecule has 0 N–H and O–H groups in total. The van der Waals surface area contributed by atoms with E-state index in [1.54, 1.807) is 13.0 Å². The van der Waals surface area contributed by atoms with Crippen molar-refractivity contribution < 1.29 is 18.0 Å². The van der Waals surface area contributed by atoms with Crippen LogP contribution >= 0.6 is 0 Å². The number of aromatic nitrogens is 3. The van der Waals surface area contributed by atoms with Crippen LogP contribution in [0.15, 0.2) is 24.3 Å². The fourth-order valence-electron chi connectivity index (χ4n) is 6.41. The van der Waals surface area contributed by atoms with Crippen LogP contribution in [0.3, 0.4) is 0 Å². The molecule has 2 bridgehead atoms. The Balaban J connectivity index is 1.19. The molecule has 1 aliphatic heterocycles. The van der Waals surface area contributed by atoms with Gasteiger partial charge >= 0.3 is 6.18 Å². The van der Waals surface area contributed by atoms with E-state index in [0.29, 0.717) is 54.6 Å². The van der Waals surface area contributed by atoms with E-state index in [9.17, 15) is 18.0 Å². The van der Waals surface area contributed by atoms with Crippen molar-refractivity contribution >= 4 is 11.6 Å². The van der Waals surface area contributed by atoms with Gasteiger partial charge in [0.25, 0.3) is 0 Å². The smallest absolute Gasteiger partial charge is 0.342 e. The standard InChI is InChI=1S/C23H25F3N4O/c1-13-10-20-27-18(12-19(23(24,25)26)30(20)28-13)14-4-8-29(9-5-14)21(31)16-11-15-2-3-17(16)22(15)6-7-22/h2-3,10,12,14-17H,4-9,11H2,1H3. The number of allylic oxidation sites excluding steroid dienone is 2. The zero-order valence-electron chi connectivity index (χ0n) is 17.4. The largest absolute Gasteiger partial charge is 0.433 e. The van der Waals surface area contributed by atoms with E-state index < -0.39 is 11.9 Å². The number of hydrogen-bond donors (Lipinski definition) is 0. The molecule has 2 aromatic rings. The third kappa shape index (κ3) is 2.86. The lowest BCUT2D eigenvalue weighted by molar-refractivity contribution is -0.142. The van der Waals surface area contributed by atoms with Crippen molar-refractivity contribution in [2.75, 3.05) is 13.1 Å². The molecule has 8 heteroatoms. The molecule has 2 aromatic heterocycles. The maximum atomic E-state index is 13.6. The number of nitrogens with zero attached hydrogens (tertiary/aromatic N) is 4. The number of hydrogen-bond acceptors (Lipinski definition) is 3. The molecule has 3 unspecified atom stereocenters. The van der Waals surface area contributed by atoms with Gasteiger partial charge in [0.15, 0.2) is 5.65 Å². The second-order valence-electron chi connectivity index (χ2n) is 9.81. The summed E-state index contributed by atoms with van der Waals surface area (Å²) < 4.78 is 41.7. The Labute approximate surface area is 178 Å². The highest BCUT2D eigenvalue weighted by molar-refractivity contribution is 5.80. The molecule has 2 saturated carbocycles. The first-order chi connectivity index (χ1) is 14.8. The van der Waals surface area contributed by atoms with Gasteiger partial charge in [0.1, 0.15) is 5.69 Å². The number of amides is 1. The van der Waals surface area contributed by atoms with Gasteiger partial charge in [-0.3, -0.25) is 4.79 Å². The highest BCUT2D eigenvalue weighted by atomic mass is 19.4. The predicted molar refractivity (Wildman–Crippen MR) is 107 cm³/mol. The molecule has 1 spiro atoms. The van der Waals surface area contributed by atoms with Gasteiger partial charge in [-0.2, -0.15) is 18.3 Å². The highest BCUT2D eigenvalue weighted by Crippen LogP contribution is 2.70. The average Bonchev–Trinajstić information content (AvgIpc) is 3.24. The van der Waals surface area contributed by atoms with Crippen LogP contribution in [-0.4, -0.2) is 38.5 Å². The van der Waals surface area contributed by atoms with Gasteiger partial charge in [-0.15, -0.1) is 0 Å². The minimum absolute atomic E-state index is 0.0833. The number of aryl methyl sites for hydroxylation is 1. The number of fused-ring (bicyclic) bond motifs is 1. The van der Waals surface area contributed by atoms with Crippen LogP contribution in [0.4, 0.5) is 13.2 Å². The molecule has 5 nitrogen and oxygen atoms in total. The normalized spacial score (nSPS) is 29.4. The second kappa shape index (κ2) is 6.33. The molecule has 0 aromatic carbocycles. The van der Waals surface area contributed by atoms with E-state index in [2.05, 4.69) is 22.2 Å². The van der Waals surface area contributed by atoms with Crippen molar-refractivity contribution in [1.82, 2.24) is 19.5 Å². The van der Waals surface area contributed by atoms with Crippen LogP contribution < -0.4 is 0 Å². The Hall–Kier alpha value is -2.38. The van der Waals surface area contributed by atoms with Crippen LogP contribution in [0.2, 0.25) is 0 Å². The summed E-state index contributed by atoms with van der Waals surface area (Å²) in [5.41, 5.74) is 0.775. The maximum absolute atomic E-state index is 13.6. The molecule has 3 fully saturated rings. The SMILES string of the molecule is Cc1cc2nc(C3CCN(C(=O)C4CC5C=CC4C54CC4)CC3)cc(C(F)(F)F)n2n1. The number of piperidine rings is 1. The first-order valence-electron chi connectivity index (χ1n) is 11.2. The number of likely N-dealkylation sites (tertiary alicyclic amines) is 1. The van der Waals surface area contributed by atoms with Gasteiger partial charge in [0.05, 0.1) is 5.69 Å². The lowest BCUT2D eigenvalue weighted by Gasteiger charge is -2.35. The molecule has 3 atom stereocenters. The third-order valence-corrected chi connectivity index (χ3v) is 8.12. The minimum atomic E-state index is -4.50. The van der Waals surface area contributed by atoms with Crippen molar-refractivity contribution in [3.8, 4) is 0 Å². The minimum Gasteiger partial charge on any atom is -0.342 e. The Morgan fingerprint density at radius 1 is 1.16 bits per heavy atom. The Morgan fingerprint density at radius 2 is 1.90 bits per heavy atom. The van der Waals surface area contributed by atoms with Gasteiger partial charge < -0.3 is 4.90 Å². The number of rotatable bonds is 2. The maximum Gasteiger partial charge on any atom is 0.433 e. The molecule has 164 valence electrons. The molecule has 6 rings (SSSR count). The zero-order chi connectivity index (χ0) is 21.5. The molecular formula is C23H25F3N4O. The van der Waals surface area contributed by atoms with Gasteiger partial charge in [0, 0.05) is 36.7 Å². The topological polar surface area (TPSA) is 50.5 Å². The van der Waals surface area contributed by atoms with Crippen molar-refractivity contribution in [1.29, 1.82) is 0 Å². The van der Waals surface area contributed by atoms with Crippen LogP contribution in [0.1, 0.15) is 55.1 Å². The molecule has 1 saturated heterocycles. The highest BCUT2D eigenvalue weighted by Gasteiger charge is 2.64. The predicted octanol–water partition coefficient (Wildman–Crippen LogP) is 4.36. The molecule has 3 aliphatic carbocycles. The van der Waals surface area contributed by atoms with Crippen LogP contribution in [0.25, 0.3) is 5.65 Å². The third-order valence-electron chi connectivity index (χ3n) is 8.12. The molecule has 3 heterocycles. The molecule has 0 radical (unpaired) electrons. The quantitative estimate of drug-likeness (QED) is 0.665. The van der Waals surface area contributed by atoms with E-state index >= 15 is 0 Å². The van der Waals surface area contributed by atoms with Gasteiger partial charge in [-0.05, 0) is 62.3 Å². The summed E-state index contributed by atoms with van der Waals surface area (Å²) in [6, 6.07) is 2.72. The van der Waals surface area contributed by atoms with Crippen molar-refractivity contribution in [3.05, 3.63) is 41.4 Å². The van der Waals surface area contributed by atoms with E-state index in [0.717, 1.165) is 17.0 Å². The summed E-state index contributed by atoms with van der Waals surface area (Å²) in [7, 11) is 0. The number of halogens is 3. The summed E-state index contributed by atoms with van der Waals surface area (Å²) in [5, 5.41) is 3.96. The first kappa shape index (κ1) is 19.3. The number of alkyl halides is 3. The Kier molecular flexibility index (Phi) is 3.94. The van der Waals surface area contributed by atoms with Crippen LogP contribution in [0, 0.1) is 30.1 Å². The van der Waals surface area contributed by atoms with Crippen LogP contribution in [0.5, 0.6) is 0 Å². The van der Waals surface area contributed by atoms with Crippen LogP contribution in [-0.2, 0) is 11.0 Å². The zero-order valence-corrected chi connectivity index (χ0v) is 17.4. The van der Waals surface area contributed by atoms with E-state index in [4.69, 9.17) is 0 Å². The second-order valence-corrected chi connectivity index (χ2v) is 9.81. The lowest BCUT2D eigenvalue weighted by Crippen LogP contribution is -2.42. The van der Waals surface area contributed by atoms with Crippen molar-refractivity contribution in [3.63, 3.8) is 0 Å². The summed E-state index contributed by atoms with van der Waals surface area (Å²) in [6.45, 7) is 2.83. The van der Waals surface area contributed by atoms with E-state index in [1.165, 1.54) is 12.8 Å². The van der Waals surface area contributed by atoms with Gasteiger partial charge in [0.2, 0.25) is 5.91 Å². The summed E-state index contributed by atoms with van der Waals surface area (Å²) >= 11 is 0. The van der Waals surface area contributed by atoms with E-state index in [1.807, 2.05) is 4.90 Å². The van der Waals surface area contributed by atoms with E-state index in [-0.39, 0.29) is 23.4 Å². The molecule has 4 aliphatic rings. The van der Waals surface area contributed by atoms with Gasteiger partial charge in [-0.1, -0.05) is 12.2 Å². The number of carbonyl (C=O) groups is 1. The molecule has 1 amide bonds. The molecular weight excluding hydrogens is 405 g/mol. The van der Waals surface area contributed by atoms with Crippen molar-refractivity contribution in [2.45, 2.75) is 51.1 Å².